The molecule has 2 aromatic rings. The second kappa shape index (κ2) is 4.44. The zero-order valence-electron chi connectivity index (χ0n) is 10.6. The van der Waals surface area contributed by atoms with Gasteiger partial charge < -0.3 is 9.26 Å². The van der Waals surface area contributed by atoms with Crippen LogP contribution in [0.1, 0.15) is 41.6 Å². The van der Waals surface area contributed by atoms with E-state index in [1.807, 2.05) is 26.0 Å². The molecule has 0 spiro atoms. The lowest BCUT2D eigenvalue weighted by Gasteiger charge is -2.07. The summed E-state index contributed by atoms with van der Waals surface area (Å²) in [7, 11) is 0. The fourth-order valence-electron chi connectivity index (χ4n) is 1.84. The number of ether oxygens (including phenoxy) is 1. The van der Waals surface area contributed by atoms with Gasteiger partial charge in [0.05, 0.1) is 0 Å². The Morgan fingerprint density at radius 3 is 2.94 bits per heavy atom. The minimum absolute atomic E-state index is 0.337. The topological polar surface area (TPSA) is 48.2 Å². The van der Waals surface area contributed by atoms with Crippen molar-refractivity contribution in [3.63, 3.8) is 0 Å². The van der Waals surface area contributed by atoms with E-state index in [0.29, 0.717) is 18.4 Å². The monoisotopic (exact) mass is 244 g/mol. The summed E-state index contributed by atoms with van der Waals surface area (Å²) in [5.41, 5.74) is 2.29. The van der Waals surface area contributed by atoms with Crippen LogP contribution in [0.2, 0.25) is 0 Å². The van der Waals surface area contributed by atoms with Gasteiger partial charge in [-0.15, -0.1) is 0 Å². The highest BCUT2D eigenvalue weighted by molar-refractivity contribution is 5.35. The first-order valence-electron chi connectivity index (χ1n) is 6.25. The van der Waals surface area contributed by atoms with Gasteiger partial charge in [0, 0.05) is 5.92 Å². The third kappa shape index (κ3) is 2.37. The predicted octanol–water partition coefficient (Wildman–Crippen LogP) is 3.14. The number of hydrogen-bond acceptors (Lipinski definition) is 4. The molecule has 1 heterocycles. The largest absolute Gasteiger partial charge is 0.483 e. The zero-order valence-corrected chi connectivity index (χ0v) is 10.6. The molecule has 4 heteroatoms. The summed E-state index contributed by atoms with van der Waals surface area (Å²) in [4.78, 5) is 4.34. The van der Waals surface area contributed by atoms with Crippen molar-refractivity contribution < 1.29 is 9.26 Å². The first-order chi connectivity index (χ1) is 8.72. The van der Waals surface area contributed by atoms with Crippen LogP contribution in [-0.2, 0) is 6.61 Å². The Hall–Kier alpha value is -1.84. The minimum Gasteiger partial charge on any atom is -0.483 e. The van der Waals surface area contributed by atoms with Gasteiger partial charge in [-0.1, -0.05) is 17.3 Å². The highest BCUT2D eigenvalue weighted by Gasteiger charge is 2.28. The molecule has 0 aliphatic heterocycles. The van der Waals surface area contributed by atoms with Gasteiger partial charge >= 0.3 is 0 Å². The quantitative estimate of drug-likeness (QED) is 0.829. The van der Waals surface area contributed by atoms with E-state index in [0.717, 1.165) is 17.1 Å². The summed E-state index contributed by atoms with van der Waals surface area (Å²) in [6.45, 7) is 4.41. The van der Waals surface area contributed by atoms with Crippen LogP contribution in [-0.4, -0.2) is 10.1 Å². The van der Waals surface area contributed by atoms with Crippen LogP contribution >= 0.6 is 0 Å². The molecule has 0 amide bonds. The van der Waals surface area contributed by atoms with E-state index in [2.05, 4.69) is 16.2 Å². The summed E-state index contributed by atoms with van der Waals surface area (Å²) in [5.74, 6) is 2.77. The summed E-state index contributed by atoms with van der Waals surface area (Å²) in [6.07, 6.45) is 2.35. The predicted molar refractivity (Wildman–Crippen MR) is 66.5 cm³/mol. The van der Waals surface area contributed by atoms with Crippen molar-refractivity contribution in [2.45, 2.75) is 39.2 Å². The Balaban J connectivity index is 1.67. The fourth-order valence-corrected chi connectivity index (χ4v) is 1.84. The molecule has 0 saturated heterocycles. The van der Waals surface area contributed by atoms with Crippen LogP contribution in [0.25, 0.3) is 0 Å². The molecule has 1 aromatic heterocycles. The van der Waals surface area contributed by atoms with Crippen molar-refractivity contribution in [2.24, 2.45) is 0 Å². The number of rotatable bonds is 4. The second-order valence-corrected chi connectivity index (χ2v) is 4.88. The normalized spacial score (nSPS) is 14.8. The third-order valence-electron chi connectivity index (χ3n) is 3.12. The van der Waals surface area contributed by atoms with Crippen LogP contribution in [0.15, 0.2) is 22.7 Å². The Morgan fingerprint density at radius 2 is 2.17 bits per heavy atom. The van der Waals surface area contributed by atoms with Crippen molar-refractivity contribution in [1.29, 1.82) is 0 Å². The van der Waals surface area contributed by atoms with Gasteiger partial charge in [-0.05, 0) is 43.9 Å². The molecular weight excluding hydrogens is 228 g/mol. The van der Waals surface area contributed by atoms with Crippen LogP contribution in [0.5, 0.6) is 5.75 Å². The van der Waals surface area contributed by atoms with Gasteiger partial charge in [0.1, 0.15) is 5.75 Å². The Labute approximate surface area is 106 Å². The Morgan fingerprint density at radius 1 is 1.33 bits per heavy atom. The lowest BCUT2D eigenvalue weighted by atomic mass is 10.1. The molecule has 3 rings (SSSR count). The maximum atomic E-state index is 5.72. The average molecular weight is 244 g/mol. The third-order valence-corrected chi connectivity index (χ3v) is 3.12. The van der Waals surface area contributed by atoms with Crippen molar-refractivity contribution in [2.75, 3.05) is 0 Å². The minimum atomic E-state index is 0.337. The molecule has 1 saturated carbocycles. The van der Waals surface area contributed by atoms with Crippen molar-refractivity contribution in [1.82, 2.24) is 10.1 Å². The van der Waals surface area contributed by atoms with Crippen molar-refractivity contribution in [3.8, 4) is 5.75 Å². The molecule has 1 fully saturated rings. The van der Waals surface area contributed by atoms with E-state index in [1.165, 1.54) is 18.4 Å². The number of aromatic nitrogens is 2. The molecule has 0 N–H and O–H groups in total. The van der Waals surface area contributed by atoms with Crippen molar-refractivity contribution in [3.05, 3.63) is 41.0 Å². The van der Waals surface area contributed by atoms with Gasteiger partial charge in [-0.25, -0.2) is 0 Å². The first kappa shape index (κ1) is 11.3. The van der Waals surface area contributed by atoms with Gasteiger partial charge in [0.25, 0.3) is 5.89 Å². The van der Waals surface area contributed by atoms with E-state index in [1.54, 1.807) is 0 Å². The van der Waals surface area contributed by atoms with E-state index in [-0.39, 0.29) is 0 Å². The summed E-state index contributed by atoms with van der Waals surface area (Å²) in [5, 5.41) is 3.96. The molecular formula is C14H16N2O2. The van der Waals surface area contributed by atoms with Crippen LogP contribution in [0.3, 0.4) is 0 Å². The molecule has 1 aliphatic carbocycles. The highest BCUT2D eigenvalue weighted by Crippen LogP contribution is 2.38. The molecule has 0 bridgehead atoms. The zero-order chi connectivity index (χ0) is 12.5. The summed E-state index contributed by atoms with van der Waals surface area (Å²) in [6, 6.07) is 6.14. The Kier molecular flexibility index (Phi) is 2.78. The summed E-state index contributed by atoms with van der Waals surface area (Å²) < 4.78 is 10.9. The maximum Gasteiger partial charge on any atom is 0.264 e. The fraction of sp³-hybridized carbons (Fsp3) is 0.429. The number of benzene rings is 1. The smallest absolute Gasteiger partial charge is 0.264 e. The molecule has 0 atom stereocenters. The SMILES string of the molecule is Cc1ccc(C)c(OCc2nc(C3CC3)no2)c1. The van der Waals surface area contributed by atoms with E-state index < -0.39 is 0 Å². The summed E-state index contributed by atoms with van der Waals surface area (Å²) >= 11 is 0. The lowest BCUT2D eigenvalue weighted by Crippen LogP contribution is -1.98. The van der Waals surface area contributed by atoms with Crippen molar-refractivity contribution >= 4 is 0 Å². The molecule has 1 aromatic carbocycles. The first-order valence-corrected chi connectivity index (χ1v) is 6.25. The standard InChI is InChI=1S/C14H16N2O2/c1-9-3-4-10(2)12(7-9)17-8-13-15-14(16-18-13)11-5-6-11/h3-4,7,11H,5-6,8H2,1-2H3. The molecule has 18 heavy (non-hydrogen) atoms. The molecule has 0 unspecified atom stereocenters. The van der Waals surface area contributed by atoms with E-state index in [9.17, 15) is 0 Å². The molecule has 1 aliphatic rings. The second-order valence-electron chi connectivity index (χ2n) is 4.88. The van der Waals surface area contributed by atoms with Gasteiger partial charge in [-0.2, -0.15) is 4.98 Å². The maximum absolute atomic E-state index is 5.72. The highest BCUT2D eigenvalue weighted by atomic mass is 16.5. The number of hydrogen-bond donors (Lipinski definition) is 0. The van der Waals surface area contributed by atoms with Gasteiger partial charge in [-0.3, -0.25) is 0 Å². The van der Waals surface area contributed by atoms with Crippen LogP contribution in [0.4, 0.5) is 0 Å². The molecule has 4 nitrogen and oxygen atoms in total. The average Bonchev–Trinajstić information content (AvgIpc) is 3.10. The lowest BCUT2D eigenvalue weighted by molar-refractivity contribution is 0.241. The van der Waals surface area contributed by atoms with Crippen LogP contribution in [0, 0.1) is 13.8 Å². The van der Waals surface area contributed by atoms with Gasteiger partial charge in [0.15, 0.2) is 12.4 Å². The Bertz CT molecular complexity index is 559. The molecule has 0 radical (unpaired) electrons. The van der Waals surface area contributed by atoms with Gasteiger partial charge in [0.2, 0.25) is 0 Å². The van der Waals surface area contributed by atoms with E-state index >= 15 is 0 Å². The molecule has 94 valence electrons. The number of nitrogens with zero attached hydrogens (tertiary/aromatic N) is 2. The van der Waals surface area contributed by atoms with Crippen LogP contribution < -0.4 is 4.74 Å². The van der Waals surface area contributed by atoms with E-state index in [4.69, 9.17) is 9.26 Å². The number of aryl methyl sites for hydroxylation is 2.